The lowest BCUT2D eigenvalue weighted by molar-refractivity contribution is -0.161. The highest BCUT2D eigenvalue weighted by molar-refractivity contribution is 7.47. The summed E-state index contributed by atoms with van der Waals surface area (Å²) in [5.74, 6) is -2.46. The number of unbranched alkanes of at least 4 members (excludes halogenated alkanes) is 11. The van der Waals surface area contributed by atoms with Crippen LogP contribution in [0.3, 0.4) is 0 Å². The summed E-state index contributed by atoms with van der Waals surface area (Å²) in [5.41, 5.74) is 0. The van der Waals surface area contributed by atoms with Gasteiger partial charge in [0.25, 0.3) is 0 Å². The van der Waals surface area contributed by atoms with Crippen molar-refractivity contribution in [2.45, 2.75) is 264 Å². The second-order valence-electron chi connectivity index (χ2n) is 24.1. The van der Waals surface area contributed by atoms with Crippen molar-refractivity contribution in [2.75, 3.05) is 39.6 Å². The van der Waals surface area contributed by atoms with E-state index in [1.807, 2.05) is 24.3 Å². The predicted octanol–water partition coefficient (Wildman–Crippen LogP) is 21.8. The highest BCUT2D eigenvalue weighted by atomic mass is 31.2. The Labute approximate surface area is 615 Å². The summed E-state index contributed by atoms with van der Waals surface area (Å²) >= 11 is 0. The Bertz CT molecular complexity index is 2700. The fourth-order valence-electron chi connectivity index (χ4n) is 8.95. The highest BCUT2D eigenvalue weighted by Gasteiger charge is 2.30. The number of ether oxygens (including phenoxy) is 4. The number of hydrogen-bond donors (Lipinski definition) is 3. The van der Waals surface area contributed by atoms with E-state index in [2.05, 4.69) is 186 Å². The van der Waals surface area contributed by atoms with E-state index < -0.39 is 97.5 Å². The van der Waals surface area contributed by atoms with E-state index in [0.717, 1.165) is 161 Å². The molecule has 19 heteroatoms. The first-order valence-electron chi connectivity index (χ1n) is 37.7. The van der Waals surface area contributed by atoms with E-state index in [9.17, 15) is 43.2 Å². The maximum atomic E-state index is 13.1. The molecule has 0 heterocycles. The maximum absolute atomic E-state index is 13.1. The number of esters is 4. The third kappa shape index (κ3) is 72.3. The van der Waals surface area contributed by atoms with Crippen LogP contribution >= 0.6 is 15.6 Å². The second-order valence-corrected chi connectivity index (χ2v) is 27.0. The molecule has 0 saturated carbocycles. The molecule has 3 N–H and O–H groups in total. The van der Waals surface area contributed by atoms with E-state index in [1.54, 1.807) is 12.2 Å². The maximum Gasteiger partial charge on any atom is 0.472 e. The molecule has 0 rings (SSSR count). The molecule has 0 aliphatic heterocycles. The van der Waals surface area contributed by atoms with Crippen LogP contribution in [0.2, 0.25) is 0 Å². The van der Waals surface area contributed by atoms with Crippen molar-refractivity contribution in [1.82, 2.24) is 0 Å². The fraction of sp³-hybridized carbons (Fsp3) is 0.566. The molecule has 5 atom stereocenters. The van der Waals surface area contributed by atoms with Crippen LogP contribution in [-0.4, -0.2) is 96.7 Å². The van der Waals surface area contributed by atoms with Gasteiger partial charge in [-0.15, -0.1) is 0 Å². The molecule has 0 radical (unpaired) electrons. The number of hydrogen-bond acceptors (Lipinski definition) is 15. The number of allylic oxidation sites excluding steroid dienone is 31. The molecule has 574 valence electrons. The van der Waals surface area contributed by atoms with Crippen molar-refractivity contribution in [3.63, 3.8) is 0 Å². The van der Waals surface area contributed by atoms with Gasteiger partial charge >= 0.3 is 39.5 Å². The second kappa shape index (κ2) is 73.2. The largest absolute Gasteiger partial charge is 0.472 e. The Morgan fingerprint density at radius 3 is 0.912 bits per heavy atom. The Balaban J connectivity index is 5.52. The Kier molecular flexibility index (Phi) is 68.8. The number of rotatable bonds is 68. The van der Waals surface area contributed by atoms with Gasteiger partial charge in [-0.25, -0.2) is 9.13 Å². The molecule has 102 heavy (non-hydrogen) atoms. The number of phosphoric ester groups is 2. The summed E-state index contributed by atoms with van der Waals surface area (Å²) in [6.45, 7) is 4.19. The minimum atomic E-state index is -5.02. The Hall–Kier alpha value is -6.10. The fourth-order valence-corrected chi connectivity index (χ4v) is 10.5. The first kappa shape index (κ1) is 95.9. The molecular weight excluding hydrogens is 1330 g/mol. The minimum absolute atomic E-state index is 0.0550. The standard InChI is InChI=1S/C83H130O17P2/c1-5-9-13-17-21-25-29-33-36-38-41-44-47-51-55-59-63-67-80(85)93-73-78(99-82(87)69-65-61-57-53-49-43-32-28-24-20-16-12-8-4)75-97-101(89,90)95-71-77(84)72-96-102(91,92)98-76-79(100-83(88)70-66-62-58-54-50-46-40-35-31-27-23-19-15-11-7-3)74-94-81(86)68-64-60-56-52-48-45-42-39-37-34-30-26-22-18-14-10-6-2/h9-11,13-16,20-23,25-28,32-37,40-42,44-45,50,52,54,56,62,66,77-79,84H,5-8,12,17-19,24,29-31,38-39,43,46-49,51,53,55,57-61,63-65,67-76H2,1-4H3,(H,89,90)(H,91,92)/b13-9-,14-10-,15-11-,20-16-,25-21-,26-22-,27-23-,32-28-,36-33-,37-34-,40-35-,44-41-,45-42-,54-50-,56-52-,66-62-. The molecule has 5 unspecified atom stereocenters. The summed E-state index contributed by atoms with van der Waals surface area (Å²) in [5, 5.41) is 10.6. The molecule has 17 nitrogen and oxygen atoms in total. The van der Waals surface area contributed by atoms with Crippen LogP contribution in [0, 0.1) is 0 Å². The number of carbonyl (C=O) groups is 4. The van der Waals surface area contributed by atoms with E-state index in [0.29, 0.717) is 32.1 Å². The van der Waals surface area contributed by atoms with Crippen molar-refractivity contribution in [1.29, 1.82) is 0 Å². The van der Waals surface area contributed by atoms with Gasteiger partial charge in [-0.3, -0.25) is 37.3 Å². The van der Waals surface area contributed by atoms with Gasteiger partial charge in [0, 0.05) is 19.3 Å². The zero-order valence-corrected chi connectivity index (χ0v) is 64.2. The SMILES string of the molecule is CC/C=C\C/C=C\C/C=C\C/C=C\C/C=C\CCCC(=O)OCC(COP(=O)(O)OCC(O)COP(=O)(O)OCC(COC(=O)CCCCCC/C=C\C/C=C\C/C=C\C/C=C\CC)OC(=O)CCCCCCC/C=C\C/C=C\CCC)OC(=O)C/C=C\C/C=C\C/C=C\C/C=C\C/C=C\CC. The summed E-state index contributed by atoms with van der Waals surface area (Å²) < 4.78 is 68.2. The summed E-state index contributed by atoms with van der Waals surface area (Å²) in [6.07, 6.45) is 89.0. The van der Waals surface area contributed by atoms with Crippen molar-refractivity contribution < 1.29 is 80.2 Å². The zero-order chi connectivity index (χ0) is 74.6. The number of phosphoric acid groups is 2. The molecule has 0 fully saturated rings. The molecule has 0 aromatic carbocycles. The summed E-state index contributed by atoms with van der Waals surface area (Å²) in [4.78, 5) is 72.8. The quantitative estimate of drug-likeness (QED) is 0.0169. The third-order valence-electron chi connectivity index (χ3n) is 14.5. The molecular formula is C83H130O17P2. The van der Waals surface area contributed by atoms with Crippen LogP contribution in [0.1, 0.15) is 246 Å². The molecule has 0 saturated heterocycles. The van der Waals surface area contributed by atoms with Gasteiger partial charge in [0.1, 0.15) is 19.3 Å². The van der Waals surface area contributed by atoms with Gasteiger partial charge < -0.3 is 33.8 Å². The normalized spacial score (nSPS) is 15.0. The van der Waals surface area contributed by atoms with E-state index in [1.165, 1.54) is 0 Å². The average molecular weight is 1460 g/mol. The lowest BCUT2D eigenvalue weighted by Gasteiger charge is -2.21. The van der Waals surface area contributed by atoms with E-state index >= 15 is 0 Å². The summed E-state index contributed by atoms with van der Waals surface area (Å²) in [6, 6.07) is 0. The highest BCUT2D eigenvalue weighted by Crippen LogP contribution is 2.45. The van der Waals surface area contributed by atoms with Crippen molar-refractivity contribution in [2.24, 2.45) is 0 Å². The van der Waals surface area contributed by atoms with Crippen molar-refractivity contribution >= 4 is 39.5 Å². The van der Waals surface area contributed by atoms with Gasteiger partial charge in [0.15, 0.2) is 12.2 Å². The summed E-state index contributed by atoms with van der Waals surface area (Å²) in [7, 11) is -10.0. The lowest BCUT2D eigenvalue weighted by atomic mass is 10.1. The van der Waals surface area contributed by atoms with Gasteiger partial charge in [0.2, 0.25) is 0 Å². The van der Waals surface area contributed by atoms with E-state index in [4.69, 9.17) is 37.0 Å². The minimum Gasteiger partial charge on any atom is -0.462 e. The molecule has 0 spiro atoms. The molecule has 0 aromatic rings. The van der Waals surface area contributed by atoms with Gasteiger partial charge in [0.05, 0.1) is 32.8 Å². The monoisotopic (exact) mass is 1460 g/mol. The first-order valence-corrected chi connectivity index (χ1v) is 40.7. The number of carbonyl (C=O) groups excluding carboxylic acids is 4. The first-order chi connectivity index (χ1) is 49.7. The van der Waals surface area contributed by atoms with Crippen LogP contribution in [0.15, 0.2) is 194 Å². The van der Waals surface area contributed by atoms with Gasteiger partial charge in [-0.05, 0) is 154 Å². The van der Waals surface area contributed by atoms with Crippen LogP contribution < -0.4 is 0 Å². The third-order valence-corrected chi connectivity index (χ3v) is 16.5. The number of aliphatic hydroxyl groups is 1. The molecule has 0 aliphatic rings. The van der Waals surface area contributed by atoms with Crippen LogP contribution in [0.25, 0.3) is 0 Å². The van der Waals surface area contributed by atoms with E-state index in [-0.39, 0.29) is 25.7 Å². The molecule has 0 aromatic heterocycles. The number of aliphatic hydroxyl groups excluding tert-OH is 1. The zero-order valence-electron chi connectivity index (χ0n) is 62.4. The van der Waals surface area contributed by atoms with Gasteiger partial charge in [-0.1, -0.05) is 261 Å². The Morgan fingerprint density at radius 2 is 0.559 bits per heavy atom. The smallest absolute Gasteiger partial charge is 0.462 e. The predicted molar refractivity (Wildman–Crippen MR) is 417 cm³/mol. The van der Waals surface area contributed by atoms with Crippen LogP contribution in [0.4, 0.5) is 0 Å². The lowest BCUT2D eigenvalue weighted by Crippen LogP contribution is -2.30. The Morgan fingerprint density at radius 1 is 0.294 bits per heavy atom. The molecule has 0 aliphatic carbocycles. The van der Waals surface area contributed by atoms with Gasteiger partial charge in [-0.2, -0.15) is 0 Å². The van der Waals surface area contributed by atoms with Crippen LogP contribution in [-0.2, 0) is 65.4 Å². The van der Waals surface area contributed by atoms with Crippen molar-refractivity contribution in [3.05, 3.63) is 194 Å². The average Bonchev–Trinajstić information content (AvgIpc) is 0.939. The topological polar surface area (TPSA) is 237 Å². The molecule has 0 bridgehead atoms. The van der Waals surface area contributed by atoms with Crippen molar-refractivity contribution in [3.8, 4) is 0 Å². The molecule has 0 amide bonds. The van der Waals surface area contributed by atoms with Crippen LogP contribution in [0.5, 0.6) is 0 Å².